The van der Waals surface area contributed by atoms with Crippen molar-refractivity contribution in [2.45, 2.75) is 39.0 Å². The fourth-order valence-electron chi connectivity index (χ4n) is 4.08. The Hall–Kier alpha value is -2.96. The van der Waals surface area contributed by atoms with Gasteiger partial charge in [0.25, 0.3) is 0 Å². The molecule has 1 aliphatic carbocycles. The van der Waals surface area contributed by atoms with Gasteiger partial charge in [0.2, 0.25) is 5.91 Å². The molecule has 0 N–H and O–H groups in total. The molecule has 156 valence electrons. The predicted octanol–water partition coefficient (Wildman–Crippen LogP) is 3.39. The Morgan fingerprint density at radius 1 is 1.07 bits per heavy atom. The van der Waals surface area contributed by atoms with Gasteiger partial charge < -0.3 is 9.80 Å². The van der Waals surface area contributed by atoms with E-state index in [9.17, 15) is 4.79 Å². The number of amides is 1. The smallest absolute Gasteiger partial charge is 0.222 e. The molecule has 1 saturated heterocycles. The van der Waals surface area contributed by atoms with Crippen LogP contribution < -0.4 is 4.90 Å². The monoisotopic (exact) mass is 404 g/mol. The van der Waals surface area contributed by atoms with Crippen molar-refractivity contribution in [3.63, 3.8) is 0 Å². The van der Waals surface area contributed by atoms with E-state index in [4.69, 9.17) is 9.97 Å². The van der Waals surface area contributed by atoms with Crippen LogP contribution >= 0.6 is 0 Å². The van der Waals surface area contributed by atoms with Crippen LogP contribution in [0.3, 0.4) is 0 Å². The molecule has 7 nitrogen and oxygen atoms in total. The highest BCUT2D eigenvalue weighted by Crippen LogP contribution is 2.40. The van der Waals surface area contributed by atoms with Gasteiger partial charge in [0.15, 0.2) is 5.65 Å². The third-order valence-electron chi connectivity index (χ3n) is 5.88. The molecule has 0 atom stereocenters. The van der Waals surface area contributed by atoms with E-state index >= 15 is 0 Å². The summed E-state index contributed by atoms with van der Waals surface area (Å²) in [5.74, 6) is 2.99. The number of carbonyl (C=O) groups excluding carboxylic acids is 1. The summed E-state index contributed by atoms with van der Waals surface area (Å²) in [5, 5.41) is 5.62. The van der Waals surface area contributed by atoms with Crippen LogP contribution in [0.15, 0.2) is 36.5 Å². The summed E-state index contributed by atoms with van der Waals surface area (Å²) in [6.45, 7) is 7.24. The van der Waals surface area contributed by atoms with E-state index in [-0.39, 0.29) is 5.91 Å². The Morgan fingerprint density at radius 3 is 2.47 bits per heavy atom. The van der Waals surface area contributed by atoms with E-state index in [1.807, 2.05) is 46.1 Å². The lowest BCUT2D eigenvalue weighted by Gasteiger charge is -2.36. The zero-order chi connectivity index (χ0) is 20.7. The molecule has 7 heteroatoms. The largest absolute Gasteiger partial charge is 0.352 e. The van der Waals surface area contributed by atoms with Gasteiger partial charge in [-0.3, -0.25) is 4.79 Å². The van der Waals surface area contributed by atoms with Gasteiger partial charge in [0.1, 0.15) is 11.6 Å². The van der Waals surface area contributed by atoms with E-state index in [0.29, 0.717) is 18.3 Å². The average Bonchev–Trinajstić information content (AvgIpc) is 3.52. The minimum absolute atomic E-state index is 0.257. The summed E-state index contributed by atoms with van der Waals surface area (Å²) in [5.41, 5.74) is 1.87. The van der Waals surface area contributed by atoms with Crippen molar-refractivity contribution in [2.24, 2.45) is 5.92 Å². The third kappa shape index (κ3) is 3.64. The highest BCUT2D eigenvalue weighted by Gasteiger charge is 2.30. The third-order valence-corrected chi connectivity index (χ3v) is 5.88. The van der Waals surface area contributed by atoms with Crippen molar-refractivity contribution in [1.29, 1.82) is 0 Å². The number of carbonyl (C=O) groups is 1. The summed E-state index contributed by atoms with van der Waals surface area (Å²) in [4.78, 5) is 26.6. The summed E-state index contributed by atoms with van der Waals surface area (Å²) in [7, 11) is 0. The highest BCUT2D eigenvalue weighted by molar-refractivity contribution is 5.88. The molecule has 1 aliphatic heterocycles. The first-order valence-corrected chi connectivity index (χ1v) is 10.9. The van der Waals surface area contributed by atoms with Gasteiger partial charge in [0, 0.05) is 38.5 Å². The van der Waals surface area contributed by atoms with Gasteiger partial charge in [-0.1, -0.05) is 32.0 Å². The maximum Gasteiger partial charge on any atom is 0.222 e. The Bertz CT molecular complexity index is 1050. The molecular weight excluding hydrogens is 376 g/mol. The lowest BCUT2D eigenvalue weighted by Crippen LogP contribution is -2.49. The molecular formula is C23H28N6O. The lowest BCUT2D eigenvalue weighted by molar-refractivity contribution is -0.132. The van der Waals surface area contributed by atoms with Gasteiger partial charge >= 0.3 is 0 Å². The number of aromatic nitrogens is 4. The van der Waals surface area contributed by atoms with E-state index < -0.39 is 0 Å². The molecule has 3 aromatic rings. The molecule has 1 saturated carbocycles. The number of fused-ring (bicyclic) bond motifs is 1. The number of hydrogen-bond acceptors (Lipinski definition) is 5. The van der Waals surface area contributed by atoms with Crippen molar-refractivity contribution in [2.75, 3.05) is 31.1 Å². The molecule has 2 aliphatic rings. The van der Waals surface area contributed by atoms with Crippen molar-refractivity contribution >= 4 is 22.8 Å². The number of piperazine rings is 1. The molecule has 2 aromatic heterocycles. The van der Waals surface area contributed by atoms with Crippen LogP contribution in [-0.4, -0.2) is 56.7 Å². The number of hydrogen-bond donors (Lipinski definition) is 0. The summed E-state index contributed by atoms with van der Waals surface area (Å²) in [6, 6.07) is 10.1. The number of benzene rings is 1. The molecule has 1 amide bonds. The van der Waals surface area contributed by atoms with Crippen LogP contribution in [0.25, 0.3) is 16.7 Å². The molecule has 3 heterocycles. The fourth-order valence-corrected chi connectivity index (χ4v) is 4.08. The number of para-hydroxylation sites is 1. The van der Waals surface area contributed by atoms with Crippen LogP contribution in [-0.2, 0) is 4.79 Å². The van der Waals surface area contributed by atoms with Gasteiger partial charge in [-0.25, -0.2) is 14.6 Å². The van der Waals surface area contributed by atoms with Crippen LogP contribution in [0.1, 0.15) is 44.9 Å². The second kappa shape index (κ2) is 7.70. The topological polar surface area (TPSA) is 67.2 Å². The van der Waals surface area contributed by atoms with E-state index in [2.05, 4.69) is 23.8 Å². The first-order chi connectivity index (χ1) is 14.6. The van der Waals surface area contributed by atoms with Gasteiger partial charge in [-0.15, -0.1) is 0 Å². The molecule has 0 spiro atoms. The molecule has 0 radical (unpaired) electrons. The predicted molar refractivity (Wildman–Crippen MR) is 117 cm³/mol. The van der Waals surface area contributed by atoms with E-state index in [1.54, 1.807) is 0 Å². The van der Waals surface area contributed by atoms with Gasteiger partial charge in [0.05, 0.1) is 17.3 Å². The Labute approximate surface area is 176 Å². The number of rotatable bonds is 5. The van der Waals surface area contributed by atoms with Crippen LogP contribution in [0.4, 0.5) is 5.82 Å². The van der Waals surface area contributed by atoms with E-state index in [0.717, 1.165) is 67.4 Å². The molecule has 1 aromatic carbocycles. The fraction of sp³-hybridized carbons (Fsp3) is 0.478. The maximum atomic E-state index is 12.4. The second-order valence-electron chi connectivity index (χ2n) is 8.77. The Balaban J connectivity index is 1.46. The molecule has 0 unspecified atom stereocenters. The standard InChI is InChI=1S/C23H28N6O/c1-16(2)14-20(30)27-10-12-28(13-11-27)22-19-15-24-29(18-6-4-3-5-7-18)23(19)26-21(25-22)17-8-9-17/h3-7,15-17H,8-14H2,1-2H3. The van der Waals surface area contributed by atoms with Gasteiger partial charge in [-0.05, 0) is 30.9 Å². The van der Waals surface area contributed by atoms with Crippen molar-refractivity contribution in [3.8, 4) is 5.69 Å². The zero-order valence-corrected chi connectivity index (χ0v) is 17.7. The molecule has 30 heavy (non-hydrogen) atoms. The minimum Gasteiger partial charge on any atom is -0.352 e. The van der Waals surface area contributed by atoms with E-state index in [1.165, 1.54) is 0 Å². The first-order valence-electron chi connectivity index (χ1n) is 10.9. The Morgan fingerprint density at radius 2 is 1.80 bits per heavy atom. The maximum absolute atomic E-state index is 12.4. The van der Waals surface area contributed by atoms with Crippen molar-refractivity contribution in [1.82, 2.24) is 24.6 Å². The van der Waals surface area contributed by atoms with Crippen molar-refractivity contribution < 1.29 is 4.79 Å². The quantitative estimate of drug-likeness (QED) is 0.652. The molecule has 5 rings (SSSR count). The second-order valence-corrected chi connectivity index (χ2v) is 8.77. The van der Waals surface area contributed by atoms with Crippen LogP contribution in [0.5, 0.6) is 0 Å². The highest BCUT2D eigenvalue weighted by atomic mass is 16.2. The first kappa shape index (κ1) is 19.0. The average molecular weight is 405 g/mol. The van der Waals surface area contributed by atoms with Gasteiger partial charge in [-0.2, -0.15) is 5.10 Å². The Kier molecular flexibility index (Phi) is 4.89. The normalized spacial score (nSPS) is 17.2. The zero-order valence-electron chi connectivity index (χ0n) is 17.7. The van der Waals surface area contributed by atoms with Crippen LogP contribution in [0.2, 0.25) is 0 Å². The molecule has 0 bridgehead atoms. The summed E-state index contributed by atoms with van der Waals surface area (Å²) < 4.78 is 1.91. The summed E-state index contributed by atoms with van der Waals surface area (Å²) >= 11 is 0. The lowest BCUT2D eigenvalue weighted by atomic mass is 10.1. The van der Waals surface area contributed by atoms with Crippen LogP contribution in [0, 0.1) is 5.92 Å². The number of nitrogens with zero attached hydrogens (tertiary/aromatic N) is 6. The molecule has 2 fully saturated rings. The summed E-state index contributed by atoms with van der Waals surface area (Å²) in [6.07, 6.45) is 4.81. The SMILES string of the molecule is CC(C)CC(=O)N1CCN(c2nc(C3CC3)nc3c2cnn3-c2ccccc2)CC1. The number of anilines is 1. The van der Waals surface area contributed by atoms with Crippen molar-refractivity contribution in [3.05, 3.63) is 42.4 Å². The minimum atomic E-state index is 0.257.